The van der Waals surface area contributed by atoms with Gasteiger partial charge in [0.2, 0.25) is 5.95 Å². The van der Waals surface area contributed by atoms with Gasteiger partial charge >= 0.3 is 0 Å². The Balaban J connectivity index is 2.44. The Morgan fingerprint density at radius 3 is 3.06 bits per heavy atom. The predicted molar refractivity (Wildman–Crippen MR) is 67.8 cm³/mol. The van der Waals surface area contributed by atoms with Crippen LogP contribution >= 0.6 is 12.2 Å². The molecular formula is C9H15N5OS. The van der Waals surface area contributed by atoms with Gasteiger partial charge in [0.1, 0.15) is 0 Å². The van der Waals surface area contributed by atoms with Gasteiger partial charge in [-0.25, -0.2) is 4.98 Å². The number of nitrogens with one attached hydrogen (secondary N) is 3. The summed E-state index contributed by atoms with van der Waals surface area (Å²) in [6, 6.07) is 1.38. The van der Waals surface area contributed by atoms with Gasteiger partial charge in [0, 0.05) is 39.4 Å². The van der Waals surface area contributed by atoms with Gasteiger partial charge < -0.3 is 15.5 Å². The second-order valence-electron chi connectivity index (χ2n) is 3.19. The Morgan fingerprint density at radius 2 is 2.44 bits per heavy atom. The molecule has 1 heterocycles. The fourth-order valence-corrected chi connectivity index (χ4v) is 1.19. The number of hydrogen-bond donors (Lipinski definition) is 3. The number of aromatic amines is 1. The number of thiocarbonyl (C=S) groups is 1. The third-order valence-electron chi connectivity index (χ3n) is 1.98. The van der Waals surface area contributed by atoms with Crippen LogP contribution in [0.4, 0.5) is 5.95 Å². The zero-order valence-electron chi connectivity index (χ0n) is 9.28. The van der Waals surface area contributed by atoms with Gasteiger partial charge in [0.25, 0.3) is 5.56 Å². The van der Waals surface area contributed by atoms with Crippen LogP contribution in [-0.2, 0) is 0 Å². The number of likely N-dealkylation sites (N-methyl/N-ethyl adjacent to an activating group) is 1. The van der Waals surface area contributed by atoms with E-state index in [1.54, 1.807) is 7.05 Å². The minimum Gasteiger partial charge on any atom is -0.366 e. The minimum absolute atomic E-state index is 0.157. The summed E-state index contributed by atoms with van der Waals surface area (Å²) in [6.45, 7) is 1.36. The zero-order chi connectivity index (χ0) is 12.0. The largest absolute Gasteiger partial charge is 0.366 e. The van der Waals surface area contributed by atoms with E-state index in [-0.39, 0.29) is 5.56 Å². The van der Waals surface area contributed by atoms with Gasteiger partial charge in [0.15, 0.2) is 5.11 Å². The van der Waals surface area contributed by atoms with Crippen molar-refractivity contribution in [2.24, 2.45) is 0 Å². The second kappa shape index (κ2) is 6.06. The first kappa shape index (κ1) is 12.4. The Hall–Kier alpha value is -1.63. The molecule has 0 aromatic carbocycles. The second-order valence-corrected chi connectivity index (χ2v) is 3.59. The van der Waals surface area contributed by atoms with E-state index >= 15 is 0 Å². The Morgan fingerprint density at radius 1 is 1.69 bits per heavy atom. The summed E-state index contributed by atoms with van der Waals surface area (Å²) < 4.78 is 0. The number of hydrogen-bond acceptors (Lipinski definition) is 4. The van der Waals surface area contributed by atoms with Crippen molar-refractivity contribution in [1.82, 2.24) is 20.6 Å². The van der Waals surface area contributed by atoms with E-state index < -0.39 is 0 Å². The normalized spacial score (nSPS) is 9.62. The quantitative estimate of drug-likeness (QED) is 0.605. The molecule has 3 N–H and O–H groups in total. The van der Waals surface area contributed by atoms with Crippen molar-refractivity contribution >= 4 is 23.3 Å². The van der Waals surface area contributed by atoms with Gasteiger partial charge in [-0.05, 0) is 12.2 Å². The smallest absolute Gasteiger partial charge is 0.252 e. The van der Waals surface area contributed by atoms with E-state index in [4.69, 9.17) is 12.2 Å². The Bertz CT molecular complexity index is 405. The number of rotatable bonds is 4. The van der Waals surface area contributed by atoms with E-state index in [1.807, 2.05) is 11.9 Å². The van der Waals surface area contributed by atoms with Gasteiger partial charge in [-0.3, -0.25) is 9.78 Å². The molecule has 0 unspecified atom stereocenters. The fourth-order valence-electron chi connectivity index (χ4n) is 1.09. The lowest BCUT2D eigenvalue weighted by atomic mass is 10.5. The number of aromatic nitrogens is 2. The summed E-state index contributed by atoms with van der Waals surface area (Å²) in [6.07, 6.45) is 1.48. The van der Waals surface area contributed by atoms with Crippen LogP contribution in [0.1, 0.15) is 0 Å². The van der Waals surface area contributed by atoms with E-state index in [2.05, 4.69) is 20.6 Å². The van der Waals surface area contributed by atoms with Gasteiger partial charge in [-0.1, -0.05) is 0 Å². The molecule has 0 bridgehead atoms. The highest BCUT2D eigenvalue weighted by molar-refractivity contribution is 7.80. The van der Waals surface area contributed by atoms with Gasteiger partial charge in [-0.2, -0.15) is 0 Å². The molecule has 0 radical (unpaired) electrons. The van der Waals surface area contributed by atoms with E-state index in [0.717, 1.165) is 0 Å². The first-order valence-electron chi connectivity index (χ1n) is 4.85. The number of nitrogens with zero attached hydrogens (tertiary/aromatic N) is 2. The van der Waals surface area contributed by atoms with E-state index in [1.165, 1.54) is 12.3 Å². The molecule has 0 aliphatic rings. The lowest BCUT2D eigenvalue weighted by Gasteiger charge is -2.17. The summed E-state index contributed by atoms with van der Waals surface area (Å²) in [5.41, 5.74) is -0.157. The molecule has 0 atom stereocenters. The highest BCUT2D eigenvalue weighted by Crippen LogP contribution is 1.97. The molecule has 7 heteroatoms. The molecule has 0 amide bonds. The van der Waals surface area contributed by atoms with Crippen molar-refractivity contribution in [3.63, 3.8) is 0 Å². The van der Waals surface area contributed by atoms with Crippen LogP contribution in [0.3, 0.4) is 0 Å². The molecule has 1 aromatic rings. The summed E-state index contributed by atoms with van der Waals surface area (Å²) in [7, 11) is 3.61. The maximum atomic E-state index is 11.1. The highest BCUT2D eigenvalue weighted by atomic mass is 32.1. The SMILES string of the molecule is CNC(=S)NCCN(C)c1nccc(=O)[nH]1. The van der Waals surface area contributed by atoms with Gasteiger partial charge in [-0.15, -0.1) is 0 Å². The van der Waals surface area contributed by atoms with Crippen molar-refractivity contribution < 1.29 is 0 Å². The summed E-state index contributed by atoms with van der Waals surface area (Å²) in [5.74, 6) is 0.546. The van der Waals surface area contributed by atoms with Crippen LogP contribution in [0.15, 0.2) is 17.1 Å². The number of H-pyrrole nitrogens is 1. The van der Waals surface area contributed by atoms with E-state index in [0.29, 0.717) is 24.2 Å². The highest BCUT2D eigenvalue weighted by Gasteiger charge is 2.02. The Labute approximate surface area is 99.1 Å². The Kier molecular flexibility index (Phi) is 4.71. The molecule has 0 spiro atoms. The lowest BCUT2D eigenvalue weighted by Crippen LogP contribution is -2.38. The summed E-state index contributed by atoms with van der Waals surface area (Å²) >= 11 is 4.93. The zero-order valence-corrected chi connectivity index (χ0v) is 10.1. The first-order valence-corrected chi connectivity index (χ1v) is 5.26. The molecule has 6 nitrogen and oxygen atoms in total. The summed E-state index contributed by atoms with van der Waals surface area (Å²) in [4.78, 5) is 19.6. The fraction of sp³-hybridized carbons (Fsp3) is 0.444. The third-order valence-corrected chi connectivity index (χ3v) is 2.33. The first-order chi connectivity index (χ1) is 7.63. The molecule has 88 valence electrons. The molecule has 0 saturated heterocycles. The molecule has 0 fully saturated rings. The standard InChI is InChI=1S/C9H15N5OS/c1-10-9(16)12-5-6-14(2)8-11-4-3-7(15)13-8/h3-4H,5-6H2,1-2H3,(H2,10,12,16)(H,11,13,15). The maximum Gasteiger partial charge on any atom is 0.252 e. The van der Waals surface area contributed by atoms with E-state index in [9.17, 15) is 4.79 Å². The number of anilines is 1. The van der Waals surface area contributed by atoms with Crippen molar-refractivity contribution in [3.05, 3.63) is 22.6 Å². The predicted octanol–water partition coefficient (Wildman–Crippen LogP) is -0.700. The van der Waals surface area contributed by atoms with Gasteiger partial charge in [0.05, 0.1) is 0 Å². The molecule has 0 saturated carbocycles. The maximum absolute atomic E-state index is 11.1. The molecular weight excluding hydrogens is 226 g/mol. The van der Waals surface area contributed by atoms with Crippen LogP contribution in [0.2, 0.25) is 0 Å². The average Bonchev–Trinajstić information content (AvgIpc) is 2.28. The van der Waals surface area contributed by atoms with Crippen LogP contribution in [-0.4, -0.2) is 42.3 Å². The molecule has 16 heavy (non-hydrogen) atoms. The molecule has 1 aromatic heterocycles. The molecule has 0 aliphatic carbocycles. The topological polar surface area (TPSA) is 73.0 Å². The molecule has 1 rings (SSSR count). The van der Waals surface area contributed by atoms with Crippen LogP contribution in [0.25, 0.3) is 0 Å². The third kappa shape index (κ3) is 3.85. The summed E-state index contributed by atoms with van der Waals surface area (Å²) in [5, 5.41) is 6.42. The minimum atomic E-state index is -0.157. The van der Waals surface area contributed by atoms with Crippen molar-refractivity contribution in [2.45, 2.75) is 0 Å². The van der Waals surface area contributed by atoms with Crippen molar-refractivity contribution in [3.8, 4) is 0 Å². The van der Waals surface area contributed by atoms with Crippen LogP contribution in [0.5, 0.6) is 0 Å². The van der Waals surface area contributed by atoms with Crippen LogP contribution < -0.4 is 21.1 Å². The average molecular weight is 241 g/mol. The lowest BCUT2D eigenvalue weighted by molar-refractivity contribution is 0.789. The van der Waals surface area contributed by atoms with Crippen molar-refractivity contribution in [1.29, 1.82) is 0 Å². The van der Waals surface area contributed by atoms with Crippen molar-refractivity contribution in [2.75, 3.05) is 32.1 Å². The monoisotopic (exact) mass is 241 g/mol. The van der Waals surface area contributed by atoms with Crippen LogP contribution in [0, 0.1) is 0 Å². The molecule has 0 aliphatic heterocycles.